The van der Waals surface area contributed by atoms with Crippen molar-refractivity contribution in [1.29, 1.82) is 0 Å². The average molecular weight is 383 g/mol. The highest BCUT2D eigenvalue weighted by Gasteiger charge is 2.29. The number of hydrogen-bond donors (Lipinski definition) is 0. The molecule has 4 rings (SSSR count). The van der Waals surface area contributed by atoms with Crippen molar-refractivity contribution in [2.24, 2.45) is 5.92 Å². The molecule has 1 atom stereocenters. The van der Waals surface area contributed by atoms with Gasteiger partial charge in [-0.3, -0.25) is 4.79 Å². The molecule has 1 aromatic carbocycles. The molecule has 1 aromatic heterocycles. The molecule has 0 saturated carbocycles. The fourth-order valence-corrected chi connectivity index (χ4v) is 4.23. The second-order valence-corrected chi connectivity index (χ2v) is 7.95. The smallest absolute Gasteiger partial charge is 0.223 e. The van der Waals surface area contributed by atoms with Crippen molar-refractivity contribution in [3.8, 4) is 0 Å². The summed E-state index contributed by atoms with van der Waals surface area (Å²) in [6.45, 7) is 6.16. The van der Waals surface area contributed by atoms with Crippen molar-refractivity contribution in [3.63, 3.8) is 0 Å². The summed E-state index contributed by atoms with van der Waals surface area (Å²) in [6.07, 6.45) is 3.19. The maximum atomic E-state index is 12.2. The van der Waals surface area contributed by atoms with Crippen LogP contribution in [0.4, 0.5) is 5.82 Å². The number of fused-ring (bicyclic) bond motifs is 1. The van der Waals surface area contributed by atoms with Gasteiger partial charge in [-0.05, 0) is 37.1 Å². The number of carbonyl (C=O) groups is 1. The molecule has 2 aliphatic rings. The number of anilines is 1. The molecule has 2 fully saturated rings. The standard InChI is InChI=1S/C21H29N5O2/c1-24-5-7-25(8-6-24)21-18-12-16(3-4-19(18)22-15-23-21)11-17-13-20(27)26(14-17)9-10-28-2/h3-4,12,15,17H,5-11,13-14H2,1-2H3/t17-/m1/s1. The topological polar surface area (TPSA) is 61.8 Å². The molecule has 0 unspecified atom stereocenters. The van der Waals surface area contributed by atoms with Crippen LogP contribution < -0.4 is 4.90 Å². The number of carbonyl (C=O) groups excluding carboxylic acids is 1. The molecule has 0 spiro atoms. The number of amides is 1. The van der Waals surface area contributed by atoms with E-state index in [1.54, 1.807) is 13.4 Å². The quantitative estimate of drug-likeness (QED) is 0.752. The van der Waals surface area contributed by atoms with Gasteiger partial charge < -0.3 is 19.4 Å². The predicted molar refractivity (Wildman–Crippen MR) is 110 cm³/mol. The minimum atomic E-state index is 0.240. The second kappa shape index (κ2) is 8.41. The first-order chi connectivity index (χ1) is 13.6. The van der Waals surface area contributed by atoms with E-state index in [-0.39, 0.29) is 5.91 Å². The van der Waals surface area contributed by atoms with E-state index in [1.165, 1.54) is 5.56 Å². The van der Waals surface area contributed by atoms with Crippen molar-refractivity contribution in [2.75, 3.05) is 64.9 Å². The highest BCUT2D eigenvalue weighted by Crippen LogP contribution is 2.28. The number of nitrogens with zero attached hydrogens (tertiary/aromatic N) is 5. The minimum absolute atomic E-state index is 0.240. The molecular formula is C21H29N5O2. The Balaban J connectivity index is 1.51. The number of benzene rings is 1. The van der Waals surface area contributed by atoms with Gasteiger partial charge in [0.15, 0.2) is 0 Å². The van der Waals surface area contributed by atoms with Crippen molar-refractivity contribution in [2.45, 2.75) is 12.8 Å². The average Bonchev–Trinajstić information content (AvgIpc) is 3.05. The number of likely N-dealkylation sites (tertiary alicyclic amines) is 1. The fraction of sp³-hybridized carbons (Fsp3) is 0.571. The molecule has 2 aromatic rings. The Morgan fingerprint density at radius 3 is 2.79 bits per heavy atom. The molecule has 2 aliphatic heterocycles. The number of piperazine rings is 1. The maximum absolute atomic E-state index is 12.2. The lowest BCUT2D eigenvalue weighted by molar-refractivity contribution is -0.128. The molecule has 2 saturated heterocycles. The summed E-state index contributed by atoms with van der Waals surface area (Å²) < 4.78 is 5.12. The van der Waals surface area contributed by atoms with E-state index in [0.29, 0.717) is 25.5 Å². The normalized spacial score (nSPS) is 21.1. The predicted octanol–water partition coefficient (Wildman–Crippen LogP) is 1.42. The molecule has 1 amide bonds. The molecule has 7 nitrogen and oxygen atoms in total. The molecule has 28 heavy (non-hydrogen) atoms. The van der Waals surface area contributed by atoms with Gasteiger partial charge in [0.2, 0.25) is 5.91 Å². The van der Waals surface area contributed by atoms with Gasteiger partial charge >= 0.3 is 0 Å². The van der Waals surface area contributed by atoms with Crippen LogP contribution in [0.25, 0.3) is 10.9 Å². The van der Waals surface area contributed by atoms with Crippen LogP contribution in [0.1, 0.15) is 12.0 Å². The van der Waals surface area contributed by atoms with Crippen molar-refractivity contribution >= 4 is 22.6 Å². The Hall–Kier alpha value is -2.25. The molecule has 0 bridgehead atoms. The number of methoxy groups -OCH3 is 1. The van der Waals surface area contributed by atoms with Gasteiger partial charge in [-0.2, -0.15) is 0 Å². The van der Waals surface area contributed by atoms with E-state index in [9.17, 15) is 4.79 Å². The zero-order valence-electron chi connectivity index (χ0n) is 16.8. The van der Waals surface area contributed by atoms with Crippen LogP contribution in [0.3, 0.4) is 0 Å². The minimum Gasteiger partial charge on any atom is -0.383 e. The first-order valence-corrected chi connectivity index (χ1v) is 10.1. The summed E-state index contributed by atoms with van der Waals surface area (Å²) >= 11 is 0. The number of hydrogen-bond acceptors (Lipinski definition) is 6. The lowest BCUT2D eigenvalue weighted by atomic mass is 9.97. The molecular weight excluding hydrogens is 354 g/mol. The summed E-state index contributed by atoms with van der Waals surface area (Å²) in [4.78, 5) is 27.9. The van der Waals surface area contributed by atoms with E-state index in [0.717, 1.165) is 55.9 Å². The SMILES string of the molecule is COCCN1C[C@H](Cc2ccc3ncnc(N4CCN(C)CC4)c3c2)CC1=O. The number of likely N-dealkylation sites (N-methyl/N-ethyl adjacent to an activating group) is 1. The largest absolute Gasteiger partial charge is 0.383 e. The van der Waals surface area contributed by atoms with E-state index in [2.05, 4.69) is 45.0 Å². The Bertz CT molecular complexity index is 835. The Labute approximate surface area is 166 Å². The molecule has 0 N–H and O–H groups in total. The van der Waals surface area contributed by atoms with Gasteiger partial charge in [0.25, 0.3) is 0 Å². The van der Waals surface area contributed by atoms with Crippen LogP contribution in [0.5, 0.6) is 0 Å². The summed E-state index contributed by atoms with van der Waals surface area (Å²) in [6, 6.07) is 6.46. The van der Waals surface area contributed by atoms with Gasteiger partial charge in [0, 0.05) is 58.2 Å². The molecule has 7 heteroatoms. The van der Waals surface area contributed by atoms with Crippen LogP contribution in [0, 0.1) is 5.92 Å². The van der Waals surface area contributed by atoms with Gasteiger partial charge in [-0.1, -0.05) is 6.07 Å². The second-order valence-electron chi connectivity index (χ2n) is 7.95. The van der Waals surface area contributed by atoms with E-state index >= 15 is 0 Å². The van der Waals surface area contributed by atoms with E-state index in [1.807, 2.05) is 4.90 Å². The molecule has 0 radical (unpaired) electrons. The zero-order valence-corrected chi connectivity index (χ0v) is 16.8. The summed E-state index contributed by atoms with van der Waals surface area (Å²) in [5, 5.41) is 1.12. The Morgan fingerprint density at radius 2 is 2.00 bits per heavy atom. The summed E-state index contributed by atoms with van der Waals surface area (Å²) in [5.74, 6) is 1.63. The van der Waals surface area contributed by atoms with Gasteiger partial charge in [-0.25, -0.2) is 9.97 Å². The van der Waals surface area contributed by atoms with Crippen molar-refractivity contribution in [1.82, 2.24) is 19.8 Å². The Kier molecular flexibility index (Phi) is 5.73. The third-order valence-electron chi connectivity index (χ3n) is 5.87. The highest BCUT2D eigenvalue weighted by atomic mass is 16.5. The Morgan fingerprint density at radius 1 is 1.18 bits per heavy atom. The van der Waals surface area contributed by atoms with Gasteiger partial charge in [0.1, 0.15) is 12.1 Å². The third kappa shape index (κ3) is 4.10. The van der Waals surface area contributed by atoms with Crippen molar-refractivity contribution < 1.29 is 9.53 Å². The fourth-order valence-electron chi connectivity index (χ4n) is 4.23. The number of ether oxygens (including phenoxy) is 1. The zero-order chi connectivity index (χ0) is 19.5. The monoisotopic (exact) mass is 383 g/mol. The first kappa shape index (κ1) is 19.1. The van der Waals surface area contributed by atoms with Gasteiger partial charge in [0.05, 0.1) is 12.1 Å². The van der Waals surface area contributed by atoms with E-state index < -0.39 is 0 Å². The maximum Gasteiger partial charge on any atom is 0.223 e. The van der Waals surface area contributed by atoms with Crippen LogP contribution in [-0.2, 0) is 16.0 Å². The highest BCUT2D eigenvalue weighted by molar-refractivity contribution is 5.90. The summed E-state index contributed by atoms with van der Waals surface area (Å²) in [5.41, 5.74) is 2.24. The molecule has 3 heterocycles. The first-order valence-electron chi connectivity index (χ1n) is 10.1. The van der Waals surface area contributed by atoms with Crippen LogP contribution in [0.2, 0.25) is 0 Å². The summed E-state index contributed by atoms with van der Waals surface area (Å²) in [7, 11) is 3.83. The number of rotatable bonds is 6. The molecule has 150 valence electrons. The van der Waals surface area contributed by atoms with E-state index in [4.69, 9.17) is 4.74 Å². The van der Waals surface area contributed by atoms with Crippen LogP contribution in [-0.4, -0.2) is 85.7 Å². The van der Waals surface area contributed by atoms with Crippen LogP contribution in [0.15, 0.2) is 24.5 Å². The lowest BCUT2D eigenvalue weighted by Gasteiger charge is -2.33. The van der Waals surface area contributed by atoms with Crippen molar-refractivity contribution in [3.05, 3.63) is 30.1 Å². The third-order valence-corrected chi connectivity index (χ3v) is 5.87. The lowest BCUT2D eigenvalue weighted by Crippen LogP contribution is -2.44. The molecule has 0 aliphatic carbocycles. The number of aromatic nitrogens is 2. The van der Waals surface area contributed by atoms with Crippen LogP contribution >= 0.6 is 0 Å². The van der Waals surface area contributed by atoms with Gasteiger partial charge in [-0.15, -0.1) is 0 Å².